The van der Waals surface area contributed by atoms with Crippen molar-refractivity contribution in [2.75, 3.05) is 0 Å². The van der Waals surface area contributed by atoms with Crippen LogP contribution in [0.2, 0.25) is 0 Å². The smallest absolute Gasteiger partial charge is 0.328 e. The molecular formula is C17H17NO2. The lowest BCUT2D eigenvalue weighted by molar-refractivity contribution is -0.131. The van der Waals surface area contributed by atoms with Gasteiger partial charge in [-0.3, -0.25) is 4.98 Å². The molecule has 0 saturated carbocycles. The van der Waals surface area contributed by atoms with Crippen molar-refractivity contribution in [3.05, 3.63) is 71.6 Å². The SMILES string of the molecule is CCC(=CC(=O)O)c1ccc(Cc2cccnc2)cc1. The molecule has 0 saturated heterocycles. The van der Waals surface area contributed by atoms with Crippen molar-refractivity contribution in [1.29, 1.82) is 0 Å². The van der Waals surface area contributed by atoms with E-state index in [0.29, 0.717) is 6.42 Å². The van der Waals surface area contributed by atoms with Crippen LogP contribution in [-0.4, -0.2) is 16.1 Å². The molecule has 20 heavy (non-hydrogen) atoms. The highest BCUT2D eigenvalue weighted by Gasteiger charge is 2.03. The Morgan fingerprint density at radius 3 is 2.50 bits per heavy atom. The van der Waals surface area contributed by atoms with E-state index < -0.39 is 5.97 Å². The molecule has 0 amide bonds. The first-order chi connectivity index (χ1) is 9.69. The van der Waals surface area contributed by atoms with E-state index in [-0.39, 0.29) is 0 Å². The Kier molecular flexibility index (Phi) is 4.66. The number of pyridine rings is 1. The molecule has 3 nitrogen and oxygen atoms in total. The van der Waals surface area contributed by atoms with Gasteiger partial charge in [0.2, 0.25) is 0 Å². The van der Waals surface area contributed by atoms with Gasteiger partial charge in [-0.2, -0.15) is 0 Å². The van der Waals surface area contributed by atoms with Gasteiger partial charge < -0.3 is 5.11 Å². The van der Waals surface area contributed by atoms with Crippen molar-refractivity contribution in [3.63, 3.8) is 0 Å². The number of aliphatic carboxylic acids is 1. The lowest BCUT2D eigenvalue weighted by Gasteiger charge is -2.06. The van der Waals surface area contributed by atoms with Gasteiger partial charge in [-0.1, -0.05) is 37.3 Å². The van der Waals surface area contributed by atoms with Crippen molar-refractivity contribution in [1.82, 2.24) is 4.98 Å². The molecule has 102 valence electrons. The van der Waals surface area contributed by atoms with Gasteiger partial charge in [0, 0.05) is 18.5 Å². The number of hydrogen-bond donors (Lipinski definition) is 1. The summed E-state index contributed by atoms with van der Waals surface area (Å²) in [4.78, 5) is 14.9. The summed E-state index contributed by atoms with van der Waals surface area (Å²) < 4.78 is 0. The van der Waals surface area contributed by atoms with Crippen molar-refractivity contribution in [3.8, 4) is 0 Å². The summed E-state index contributed by atoms with van der Waals surface area (Å²) in [6.07, 6.45) is 6.43. The zero-order valence-corrected chi connectivity index (χ0v) is 11.4. The third-order valence-electron chi connectivity index (χ3n) is 3.13. The van der Waals surface area contributed by atoms with E-state index in [2.05, 4.69) is 4.98 Å². The molecule has 1 aromatic heterocycles. The maximum Gasteiger partial charge on any atom is 0.328 e. The van der Waals surface area contributed by atoms with Gasteiger partial charge in [0.05, 0.1) is 0 Å². The minimum absolute atomic E-state index is 0.703. The molecule has 0 aliphatic rings. The quantitative estimate of drug-likeness (QED) is 0.843. The van der Waals surface area contributed by atoms with Gasteiger partial charge in [0.25, 0.3) is 0 Å². The number of hydrogen-bond acceptors (Lipinski definition) is 2. The summed E-state index contributed by atoms with van der Waals surface area (Å²) in [6.45, 7) is 1.96. The van der Waals surface area contributed by atoms with Crippen LogP contribution in [0.15, 0.2) is 54.9 Å². The minimum atomic E-state index is -0.902. The van der Waals surface area contributed by atoms with Gasteiger partial charge >= 0.3 is 5.97 Å². The van der Waals surface area contributed by atoms with Crippen LogP contribution in [0.5, 0.6) is 0 Å². The normalized spacial score (nSPS) is 11.3. The third kappa shape index (κ3) is 3.79. The topological polar surface area (TPSA) is 50.2 Å². The van der Waals surface area contributed by atoms with Crippen molar-refractivity contribution >= 4 is 11.5 Å². The number of aromatic nitrogens is 1. The highest BCUT2D eigenvalue weighted by molar-refractivity contribution is 5.89. The van der Waals surface area contributed by atoms with Crippen LogP contribution in [-0.2, 0) is 11.2 Å². The van der Waals surface area contributed by atoms with Gasteiger partial charge in [-0.05, 0) is 41.2 Å². The Morgan fingerprint density at radius 1 is 1.20 bits per heavy atom. The summed E-state index contributed by atoms with van der Waals surface area (Å²) in [5.74, 6) is -0.902. The van der Waals surface area contributed by atoms with Crippen LogP contribution in [0, 0.1) is 0 Å². The number of carbonyl (C=O) groups is 1. The number of carboxylic acids is 1. The number of allylic oxidation sites excluding steroid dienone is 1. The van der Waals surface area contributed by atoms with Gasteiger partial charge in [0.1, 0.15) is 0 Å². The van der Waals surface area contributed by atoms with E-state index in [1.165, 1.54) is 11.6 Å². The van der Waals surface area contributed by atoms with E-state index in [9.17, 15) is 4.79 Å². The van der Waals surface area contributed by atoms with Gasteiger partial charge in [0.15, 0.2) is 0 Å². The van der Waals surface area contributed by atoms with Crippen molar-refractivity contribution in [2.45, 2.75) is 19.8 Å². The van der Waals surface area contributed by atoms with E-state index in [4.69, 9.17) is 5.11 Å². The second kappa shape index (κ2) is 6.66. The highest BCUT2D eigenvalue weighted by Crippen LogP contribution is 2.19. The Bertz CT molecular complexity index is 601. The fraction of sp³-hybridized carbons (Fsp3) is 0.176. The molecule has 3 heteroatoms. The fourth-order valence-electron chi connectivity index (χ4n) is 2.11. The zero-order chi connectivity index (χ0) is 14.4. The number of nitrogens with zero attached hydrogens (tertiary/aromatic N) is 1. The first-order valence-electron chi connectivity index (χ1n) is 6.60. The minimum Gasteiger partial charge on any atom is -0.478 e. The molecule has 0 unspecified atom stereocenters. The van der Waals surface area contributed by atoms with Crippen molar-refractivity contribution < 1.29 is 9.90 Å². The molecule has 0 bridgehead atoms. The van der Waals surface area contributed by atoms with E-state index in [0.717, 1.165) is 23.1 Å². The van der Waals surface area contributed by atoms with Crippen LogP contribution in [0.4, 0.5) is 0 Å². The third-order valence-corrected chi connectivity index (χ3v) is 3.13. The average molecular weight is 267 g/mol. The Morgan fingerprint density at radius 2 is 1.95 bits per heavy atom. The largest absolute Gasteiger partial charge is 0.478 e. The molecule has 2 aromatic rings. The monoisotopic (exact) mass is 267 g/mol. The standard InChI is InChI=1S/C17H17NO2/c1-2-15(11-17(19)20)16-7-5-13(6-8-16)10-14-4-3-9-18-12-14/h3-9,11-12H,2,10H2,1H3,(H,19,20). The van der Waals surface area contributed by atoms with E-state index in [1.54, 1.807) is 6.20 Å². The second-order valence-corrected chi connectivity index (χ2v) is 4.60. The summed E-state index contributed by atoms with van der Waals surface area (Å²) >= 11 is 0. The van der Waals surface area contributed by atoms with Crippen LogP contribution in [0.25, 0.3) is 5.57 Å². The number of benzene rings is 1. The predicted molar refractivity (Wildman–Crippen MR) is 79.4 cm³/mol. The lowest BCUT2D eigenvalue weighted by Crippen LogP contribution is -1.93. The molecule has 0 atom stereocenters. The molecule has 0 fully saturated rings. The first kappa shape index (κ1) is 14.0. The van der Waals surface area contributed by atoms with Crippen LogP contribution >= 0.6 is 0 Å². The summed E-state index contributed by atoms with van der Waals surface area (Å²) in [5, 5.41) is 8.84. The predicted octanol–water partition coefficient (Wildman–Crippen LogP) is 3.55. The molecule has 1 aromatic carbocycles. The molecule has 1 heterocycles. The maximum atomic E-state index is 10.8. The lowest BCUT2D eigenvalue weighted by atomic mass is 9.99. The molecular weight excluding hydrogens is 250 g/mol. The fourth-order valence-corrected chi connectivity index (χ4v) is 2.11. The number of carboxylic acid groups (broad SMARTS) is 1. The molecule has 0 aliphatic carbocycles. The maximum absolute atomic E-state index is 10.8. The first-order valence-corrected chi connectivity index (χ1v) is 6.60. The molecule has 2 rings (SSSR count). The Balaban J connectivity index is 2.16. The second-order valence-electron chi connectivity index (χ2n) is 4.60. The summed E-state index contributed by atoms with van der Waals surface area (Å²) in [7, 11) is 0. The Labute approximate surface area is 118 Å². The molecule has 0 radical (unpaired) electrons. The number of rotatable bonds is 5. The van der Waals surface area contributed by atoms with Crippen molar-refractivity contribution in [2.24, 2.45) is 0 Å². The van der Waals surface area contributed by atoms with E-state index >= 15 is 0 Å². The Hall–Kier alpha value is -2.42. The van der Waals surface area contributed by atoms with Gasteiger partial charge in [-0.15, -0.1) is 0 Å². The summed E-state index contributed by atoms with van der Waals surface area (Å²) in [5.41, 5.74) is 4.15. The average Bonchev–Trinajstić information content (AvgIpc) is 2.46. The zero-order valence-electron chi connectivity index (χ0n) is 11.4. The van der Waals surface area contributed by atoms with E-state index in [1.807, 2.05) is 49.5 Å². The highest BCUT2D eigenvalue weighted by atomic mass is 16.4. The van der Waals surface area contributed by atoms with Crippen LogP contribution in [0.3, 0.4) is 0 Å². The summed E-state index contributed by atoms with van der Waals surface area (Å²) in [6, 6.07) is 12.0. The van der Waals surface area contributed by atoms with Crippen LogP contribution < -0.4 is 0 Å². The van der Waals surface area contributed by atoms with Crippen LogP contribution in [0.1, 0.15) is 30.0 Å². The molecule has 1 N–H and O–H groups in total. The molecule has 0 aliphatic heterocycles. The van der Waals surface area contributed by atoms with Gasteiger partial charge in [-0.25, -0.2) is 4.79 Å². The molecule has 0 spiro atoms.